The number of carbonyl (C=O) groups excluding carboxylic acids is 2. The molecule has 6 heteroatoms. The maximum atomic E-state index is 12.1. The third kappa shape index (κ3) is 2.07. The van der Waals surface area contributed by atoms with Gasteiger partial charge in [0.05, 0.1) is 28.5 Å². The highest BCUT2D eigenvalue weighted by molar-refractivity contribution is 6.54. The summed E-state index contributed by atoms with van der Waals surface area (Å²) in [7, 11) is 0. The molecule has 0 unspecified atom stereocenters. The quantitative estimate of drug-likeness (QED) is 0.801. The molecule has 0 bridgehead atoms. The molecular weight excluding hydrogens is 299 g/mol. The Labute approximate surface area is 124 Å². The van der Waals surface area contributed by atoms with Gasteiger partial charge in [0.1, 0.15) is 0 Å². The zero-order valence-electron chi connectivity index (χ0n) is 10.1. The summed E-state index contributed by atoms with van der Waals surface area (Å²) in [5, 5.41) is 0.885. The van der Waals surface area contributed by atoms with Crippen LogP contribution in [0.2, 0.25) is 10.0 Å². The molecule has 0 saturated heterocycles. The van der Waals surface area contributed by atoms with Crippen LogP contribution in [-0.4, -0.2) is 16.7 Å². The van der Waals surface area contributed by atoms with Gasteiger partial charge >= 0.3 is 0 Å². The molecule has 1 aliphatic rings. The van der Waals surface area contributed by atoms with E-state index in [-0.39, 0.29) is 6.54 Å². The average Bonchev–Trinajstić information content (AvgIpc) is 2.66. The summed E-state index contributed by atoms with van der Waals surface area (Å²) in [5.41, 5.74) is 1.35. The Kier molecular flexibility index (Phi) is 3.20. The Bertz CT molecular complexity index is 731. The summed E-state index contributed by atoms with van der Waals surface area (Å²) < 4.78 is 0. The van der Waals surface area contributed by atoms with E-state index in [0.29, 0.717) is 27.0 Å². The van der Waals surface area contributed by atoms with E-state index in [1.807, 2.05) is 0 Å². The fourth-order valence-corrected chi connectivity index (χ4v) is 2.62. The van der Waals surface area contributed by atoms with Gasteiger partial charge in [-0.25, -0.2) is 0 Å². The van der Waals surface area contributed by atoms with Gasteiger partial charge in [-0.1, -0.05) is 29.3 Å². The molecule has 3 rings (SSSR count). The van der Waals surface area contributed by atoms with Crippen LogP contribution >= 0.6 is 23.2 Å². The average molecular weight is 307 g/mol. The molecule has 4 nitrogen and oxygen atoms in total. The number of hydrogen-bond donors (Lipinski definition) is 0. The van der Waals surface area contributed by atoms with Crippen molar-refractivity contribution >= 4 is 40.6 Å². The minimum absolute atomic E-state index is 0.155. The number of Topliss-reactive ketones (excluding diaryl/α,β-unsaturated/α-hetero) is 1. The first kappa shape index (κ1) is 13.1. The second kappa shape index (κ2) is 4.89. The molecule has 1 aromatic carbocycles. The van der Waals surface area contributed by atoms with Gasteiger partial charge in [-0.15, -0.1) is 0 Å². The number of ketones is 1. The lowest BCUT2D eigenvalue weighted by Gasteiger charge is -2.17. The molecule has 1 amide bonds. The number of anilines is 1. The van der Waals surface area contributed by atoms with Crippen molar-refractivity contribution in [1.82, 2.24) is 4.98 Å². The number of para-hydroxylation sites is 1. The zero-order chi connectivity index (χ0) is 14.3. The van der Waals surface area contributed by atoms with Crippen molar-refractivity contribution in [2.24, 2.45) is 0 Å². The number of rotatable bonds is 2. The molecule has 0 aliphatic carbocycles. The van der Waals surface area contributed by atoms with Crippen molar-refractivity contribution in [1.29, 1.82) is 0 Å². The second-order valence-electron chi connectivity index (χ2n) is 4.32. The van der Waals surface area contributed by atoms with Gasteiger partial charge in [-0.2, -0.15) is 0 Å². The number of nitrogens with zero attached hydrogens (tertiary/aromatic N) is 2. The fraction of sp³-hybridized carbons (Fsp3) is 0.0714. The van der Waals surface area contributed by atoms with Crippen LogP contribution < -0.4 is 4.90 Å². The van der Waals surface area contributed by atoms with E-state index >= 15 is 0 Å². The van der Waals surface area contributed by atoms with E-state index in [1.165, 1.54) is 4.90 Å². The first-order valence-corrected chi connectivity index (χ1v) is 6.58. The summed E-state index contributed by atoms with van der Waals surface area (Å²) in [5.74, 6) is -1.15. The van der Waals surface area contributed by atoms with Crippen molar-refractivity contribution < 1.29 is 9.59 Å². The van der Waals surface area contributed by atoms with Crippen LogP contribution in [-0.2, 0) is 11.3 Å². The lowest BCUT2D eigenvalue weighted by atomic mass is 10.1. The standard InChI is InChI=1S/C14H8Cl2N2O2/c15-8-4-5-17-9(6-8)7-18-12-10(13(19)14(18)20)2-1-3-11(12)16/h1-6H,7H2. The van der Waals surface area contributed by atoms with E-state index in [0.717, 1.165) is 0 Å². The van der Waals surface area contributed by atoms with Gasteiger partial charge in [0.2, 0.25) is 0 Å². The highest BCUT2D eigenvalue weighted by Crippen LogP contribution is 2.36. The third-order valence-corrected chi connectivity index (χ3v) is 3.58. The predicted molar refractivity (Wildman–Crippen MR) is 76.2 cm³/mol. The number of halogens is 2. The number of benzene rings is 1. The van der Waals surface area contributed by atoms with Gasteiger partial charge in [-0.05, 0) is 24.3 Å². The number of hydrogen-bond acceptors (Lipinski definition) is 3. The van der Waals surface area contributed by atoms with Crippen LogP contribution in [0.3, 0.4) is 0 Å². The number of fused-ring (bicyclic) bond motifs is 1. The molecule has 2 aromatic rings. The highest BCUT2D eigenvalue weighted by Gasteiger charge is 2.37. The van der Waals surface area contributed by atoms with Gasteiger partial charge in [0, 0.05) is 11.2 Å². The second-order valence-corrected chi connectivity index (χ2v) is 5.17. The number of aromatic nitrogens is 1. The maximum absolute atomic E-state index is 12.1. The lowest BCUT2D eigenvalue weighted by Crippen LogP contribution is -2.29. The molecule has 1 aliphatic heterocycles. The molecule has 100 valence electrons. The molecule has 1 aromatic heterocycles. The SMILES string of the molecule is O=C1C(=O)N(Cc2cc(Cl)ccn2)c2c(Cl)cccc21. The number of amides is 1. The molecule has 0 N–H and O–H groups in total. The molecule has 0 spiro atoms. The molecule has 2 heterocycles. The number of carbonyl (C=O) groups is 2. The predicted octanol–water partition coefficient (Wildman–Crippen LogP) is 3.12. The van der Waals surface area contributed by atoms with Gasteiger partial charge in [-0.3, -0.25) is 19.5 Å². The molecule has 0 radical (unpaired) electrons. The van der Waals surface area contributed by atoms with Crippen molar-refractivity contribution in [2.75, 3.05) is 4.90 Å². The van der Waals surface area contributed by atoms with E-state index < -0.39 is 11.7 Å². The van der Waals surface area contributed by atoms with Crippen LogP contribution in [0.5, 0.6) is 0 Å². The normalized spacial score (nSPS) is 13.8. The Balaban J connectivity index is 2.03. The van der Waals surface area contributed by atoms with Crippen molar-refractivity contribution in [2.45, 2.75) is 6.54 Å². The molecular formula is C14H8Cl2N2O2. The van der Waals surface area contributed by atoms with E-state index in [4.69, 9.17) is 23.2 Å². The maximum Gasteiger partial charge on any atom is 0.299 e. The summed E-state index contributed by atoms with van der Waals surface area (Å²) in [6.45, 7) is 0.155. The van der Waals surface area contributed by atoms with Crippen LogP contribution in [0.25, 0.3) is 0 Å². The minimum Gasteiger partial charge on any atom is -0.297 e. The van der Waals surface area contributed by atoms with Gasteiger partial charge in [0.25, 0.3) is 11.7 Å². The monoisotopic (exact) mass is 306 g/mol. The number of pyridine rings is 1. The van der Waals surface area contributed by atoms with Crippen LogP contribution in [0.4, 0.5) is 5.69 Å². The highest BCUT2D eigenvalue weighted by atomic mass is 35.5. The largest absolute Gasteiger partial charge is 0.299 e. The Morgan fingerprint density at radius 2 is 1.95 bits per heavy atom. The first-order chi connectivity index (χ1) is 9.58. The van der Waals surface area contributed by atoms with Crippen LogP contribution in [0, 0.1) is 0 Å². The molecule has 0 fully saturated rings. The van der Waals surface area contributed by atoms with Gasteiger partial charge < -0.3 is 0 Å². The van der Waals surface area contributed by atoms with E-state index in [9.17, 15) is 9.59 Å². The zero-order valence-corrected chi connectivity index (χ0v) is 11.6. The van der Waals surface area contributed by atoms with Crippen molar-refractivity contribution in [3.05, 3.63) is 57.8 Å². The summed E-state index contributed by atoms with van der Waals surface area (Å²) in [6, 6.07) is 8.17. The lowest BCUT2D eigenvalue weighted by molar-refractivity contribution is -0.114. The topological polar surface area (TPSA) is 50.3 Å². The van der Waals surface area contributed by atoms with Crippen molar-refractivity contribution in [3.8, 4) is 0 Å². The molecule has 0 atom stereocenters. The smallest absolute Gasteiger partial charge is 0.297 e. The Morgan fingerprint density at radius 3 is 2.70 bits per heavy atom. The summed E-state index contributed by atoms with van der Waals surface area (Å²) >= 11 is 12.0. The Morgan fingerprint density at radius 1 is 1.15 bits per heavy atom. The van der Waals surface area contributed by atoms with E-state index in [2.05, 4.69) is 4.98 Å². The van der Waals surface area contributed by atoms with Crippen LogP contribution in [0.15, 0.2) is 36.5 Å². The summed E-state index contributed by atoms with van der Waals surface area (Å²) in [4.78, 5) is 29.4. The Hall–Kier alpha value is -1.91. The van der Waals surface area contributed by atoms with E-state index in [1.54, 1.807) is 36.5 Å². The minimum atomic E-state index is -0.602. The van der Waals surface area contributed by atoms with Crippen LogP contribution in [0.1, 0.15) is 16.1 Å². The first-order valence-electron chi connectivity index (χ1n) is 5.83. The fourth-order valence-electron chi connectivity index (χ4n) is 2.16. The van der Waals surface area contributed by atoms with Crippen molar-refractivity contribution in [3.63, 3.8) is 0 Å². The summed E-state index contributed by atoms with van der Waals surface area (Å²) in [6.07, 6.45) is 1.55. The van der Waals surface area contributed by atoms with Gasteiger partial charge in [0.15, 0.2) is 0 Å². The third-order valence-electron chi connectivity index (χ3n) is 3.04. The molecule has 20 heavy (non-hydrogen) atoms. The molecule has 0 saturated carbocycles.